The van der Waals surface area contributed by atoms with E-state index in [0.29, 0.717) is 38.5 Å². The lowest BCUT2D eigenvalue weighted by Crippen LogP contribution is -2.56. The highest BCUT2D eigenvalue weighted by Gasteiger charge is 2.72. The first-order valence-corrected chi connectivity index (χ1v) is 9.53. The SMILES string of the molecule is C=C1[C@H]2CC[C@]3(O)C[C@@]2(C[C@@H](O)[C@@]2(O)[C@H]1C[C@H](O)C2(C)C)C[C@@]3(C)O. The normalized spacial score (nSPS) is 60.1. The molecule has 8 atom stereocenters. The van der Waals surface area contributed by atoms with Gasteiger partial charge >= 0.3 is 0 Å². The van der Waals surface area contributed by atoms with Crippen LogP contribution in [0.25, 0.3) is 0 Å². The Bertz CT molecular complexity index is 624. The second-order valence-corrected chi connectivity index (χ2v) is 10.3. The minimum Gasteiger partial charge on any atom is -0.392 e. The van der Waals surface area contributed by atoms with E-state index >= 15 is 0 Å². The maximum atomic E-state index is 11.6. The van der Waals surface area contributed by atoms with Crippen LogP contribution in [0, 0.1) is 22.7 Å². The zero-order chi connectivity index (χ0) is 18.6. The zero-order valence-corrected chi connectivity index (χ0v) is 15.5. The molecule has 4 rings (SSSR count). The number of rotatable bonds is 0. The molecule has 0 saturated heterocycles. The van der Waals surface area contributed by atoms with Crippen molar-refractivity contribution >= 4 is 0 Å². The second-order valence-electron chi connectivity index (χ2n) is 10.3. The maximum Gasteiger partial charge on any atom is 0.105 e. The quantitative estimate of drug-likeness (QED) is 0.421. The highest BCUT2D eigenvalue weighted by Crippen LogP contribution is 2.69. The van der Waals surface area contributed by atoms with Gasteiger partial charge in [-0.15, -0.1) is 0 Å². The van der Waals surface area contributed by atoms with E-state index in [2.05, 4.69) is 6.58 Å². The van der Waals surface area contributed by atoms with Gasteiger partial charge in [-0.05, 0) is 56.8 Å². The van der Waals surface area contributed by atoms with Crippen molar-refractivity contribution in [2.45, 2.75) is 88.3 Å². The van der Waals surface area contributed by atoms with Crippen molar-refractivity contribution in [1.82, 2.24) is 0 Å². The molecule has 0 aromatic carbocycles. The van der Waals surface area contributed by atoms with E-state index in [4.69, 9.17) is 0 Å². The number of fused-ring (bicyclic) bond motifs is 2. The van der Waals surface area contributed by atoms with Crippen LogP contribution in [0.4, 0.5) is 0 Å². The molecule has 4 aliphatic rings. The largest absolute Gasteiger partial charge is 0.392 e. The van der Waals surface area contributed by atoms with Gasteiger partial charge in [-0.3, -0.25) is 0 Å². The average Bonchev–Trinajstić information content (AvgIpc) is 2.73. The van der Waals surface area contributed by atoms with Crippen LogP contribution in [0.1, 0.15) is 59.3 Å². The summed E-state index contributed by atoms with van der Waals surface area (Å²) in [5.41, 5.74) is -4.19. The molecule has 1 spiro atoms. The van der Waals surface area contributed by atoms with Gasteiger partial charge in [-0.2, -0.15) is 0 Å². The van der Waals surface area contributed by atoms with E-state index < -0.39 is 39.8 Å². The Labute approximate surface area is 149 Å². The minimum atomic E-state index is -1.44. The standard InChI is InChI=1S/C20H32O5/c1-11-12-5-6-19(24)10-18(12,9-17(19,4)23)8-15(22)20(25)13(11)7-14(21)16(20,2)3/h12-15,21-25H,1,5-10H2,2-4H3/t12-,13+,14+,15-,17-,18-,19+,20+/m1/s1. The third-order valence-corrected chi connectivity index (χ3v) is 8.79. The first-order valence-electron chi connectivity index (χ1n) is 9.53. The van der Waals surface area contributed by atoms with Gasteiger partial charge in [0.25, 0.3) is 0 Å². The van der Waals surface area contributed by atoms with E-state index in [0.717, 1.165) is 5.57 Å². The van der Waals surface area contributed by atoms with Crippen LogP contribution in [0.2, 0.25) is 0 Å². The van der Waals surface area contributed by atoms with Crippen molar-refractivity contribution in [1.29, 1.82) is 0 Å². The van der Waals surface area contributed by atoms with E-state index in [9.17, 15) is 25.5 Å². The third-order valence-electron chi connectivity index (χ3n) is 8.79. The Morgan fingerprint density at radius 2 is 1.60 bits per heavy atom. The molecule has 0 radical (unpaired) electrons. The molecule has 0 heterocycles. The van der Waals surface area contributed by atoms with Gasteiger partial charge in [0.1, 0.15) is 5.60 Å². The fourth-order valence-electron chi connectivity index (χ4n) is 7.14. The van der Waals surface area contributed by atoms with Gasteiger partial charge in [0.2, 0.25) is 0 Å². The van der Waals surface area contributed by atoms with Crippen molar-refractivity contribution in [2.24, 2.45) is 22.7 Å². The van der Waals surface area contributed by atoms with Gasteiger partial charge in [0.15, 0.2) is 0 Å². The molecule has 4 aliphatic carbocycles. The Morgan fingerprint density at radius 3 is 2.24 bits per heavy atom. The number of aliphatic hydroxyl groups is 5. The van der Waals surface area contributed by atoms with Crippen LogP contribution in [-0.2, 0) is 0 Å². The molecule has 25 heavy (non-hydrogen) atoms. The fourth-order valence-corrected chi connectivity index (χ4v) is 7.14. The average molecular weight is 352 g/mol. The molecule has 4 saturated carbocycles. The Kier molecular flexibility index (Phi) is 3.36. The van der Waals surface area contributed by atoms with Gasteiger partial charge in [-0.25, -0.2) is 0 Å². The molecule has 2 bridgehead atoms. The zero-order valence-electron chi connectivity index (χ0n) is 15.5. The van der Waals surface area contributed by atoms with E-state index in [1.807, 2.05) is 13.8 Å². The highest BCUT2D eigenvalue weighted by molar-refractivity contribution is 5.32. The summed E-state index contributed by atoms with van der Waals surface area (Å²) in [6, 6.07) is 0. The molecule has 0 unspecified atom stereocenters. The molecule has 4 fully saturated rings. The Hall–Kier alpha value is -0.460. The van der Waals surface area contributed by atoms with Gasteiger partial charge < -0.3 is 25.5 Å². The van der Waals surface area contributed by atoms with Crippen molar-refractivity contribution in [3.8, 4) is 0 Å². The smallest absolute Gasteiger partial charge is 0.105 e. The van der Waals surface area contributed by atoms with Crippen LogP contribution in [0.15, 0.2) is 12.2 Å². The molecule has 5 nitrogen and oxygen atoms in total. The Morgan fingerprint density at radius 1 is 0.960 bits per heavy atom. The highest BCUT2D eigenvalue weighted by atomic mass is 16.4. The summed E-state index contributed by atoms with van der Waals surface area (Å²) < 4.78 is 0. The molecule has 0 aromatic rings. The lowest BCUT2D eigenvalue weighted by atomic mass is 9.62. The van der Waals surface area contributed by atoms with Crippen LogP contribution in [0.5, 0.6) is 0 Å². The van der Waals surface area contributed by atoms with Crippen molar-refractivity contribution < 1.29 is 25.5 Å². The first-order chi connectivity index (χ1) is 11.3. The van der Waals surface area contributed by atoms with Gasteiger partial charge in [0, 0.05) is 11.3 Å². The molecule has 142 valence electrons. The molecular formula is C20H32O5. The summed E-state index contributed by atoms with van der Waals surface area (Å²) in [7, 11) is 0. The molecule has 0 amide bonds. The molecule has 5 N–H and O–H groups in total. The Balaban J connectivity index is 1.83. The topological polar surface area (TPSA) is 101 Å². The van der Waals surface area contributed by atoms with E-state index in [-0.39, 0.29) is 11.8 Å². The predicted octanol–water partition coefficient (Wildman–Crippen LogP) is 1.12. The molecule has 5 heteroatoms. The fraction of sp³-hybridized carbons (Fsp3) is 0.900. The summed E-state index contributed by atoms with van der Waals surface area (Å²) in [4.78, 5) is 0. The first kappa shape index (κ1) is 17.9. The second kappa shape index (κ2) is 4.68. The van der Waals surface area contributed by atoms with E-state index in [1.54, 1.807) is 6.92 Å². The van der Waals surface area contributed by atoms with Gasteiger partial charge in [-0.1, -0.05) is 26.0 Å². The number of aliphatic hydroxyl groups excluding tert-OH is 2. The van der Waals surface area contributed by atoms with Gasteiger partial charge in [0.05, 0.1) is 23.4 Å². The van der Waals surface area contributed by atoms with Crippen LogP contribution in [-0.4, -0.2) is 54.5 Å². The van der Waals surface area contributed by atoms with Crippen molar-refractivity contribution in [3.63, 3.8) is 0 Å². The summed E-state index contributed by atoms with van der Waals surface area (Å²) >= 11 is 0. The van der Waals surface area contributed by atoms with Crippen LogP contribution < -0.4 is 0 Å². The summed E-state index contributed by atoms with van der Waals surface area (Å²) in [6.45, 7) is 9.62. The lowest BCUT2D eigenvalue weighted by Gasteiger charge is -2.45. The van der Waals surface area contributed by atoms with Crippen molar-refractivity contribution in [3.05, 3.63) is 12.2 Å². The van der Waals surface area contributed by atoms with Crippen LogP contribution in [0.3, 0.4) is 0 Å². The predicted molar refractivity (Wildman–Crippen MR) is 92.6 cm³/mol. The maximum absolute atomic E-state index is 11.6. The number of hydrogen-bond donors (Lipinski definition) is 5. The molecular weight excluding hydrogens is 320 g/mol. The van der Waals surface area contributed by atoms with Crippen molar-refractivity contribution in [2.75, 3.05) is 0 Å². The summed E-state index contributed by atoms with van der Waals surface area (Å²) in [5.74, 6) is -0.329. The minimum absolute atomic E-state index is 0.0384. The number of hydrogen-bond acceptors (Lipinski definition) is 5. The van der Waals surface area contributed by atoms with Crippen LogP contribution >= 0.6 is 0 Å². The monoisotopic (exact) mass is 352 g/mol. The van der Waals surface area contributed by atoms with E-state index in [1.165, 1.54) is 0 Å². The lowest BCUT2D eigenvalue weighted by molar-refractivity contribution is -0.170. The summed E-state index contributed by atoms with van der Waals surface area (Å²) in [5, 5.41) is 55.1. The third kappa shape index (κ3) is 1.86. The molecule has 0 aliphatic heterocycles. The molecule has 0 aromatic heterocycles. The summed E-state index contributed by atoms with van der Waals surface area (Å²) in [6.07, 6.45) is 1.02.